The number of carbonyl (C=O) groups is 1. The fourth-order valence-corrected chi connectivity index (χ4v) is 0.946. The first-order valence-electron chi connectivity index (χ1n) is 3.76. The number of ether oxygens (including phenoxy) is 1. The smallest absolute Gasteiger partial charge is 0.124 e. The highest BCUT2D eigenvalue weighted by atomic mass is 16.5. The maximum absolute atomic E-state index is 10.0. The molecule has 0 bridgehead atoms. The molecule has 0 fully saturated rings. The third-order valence-electron chi connectivity index (χ3n) is 1.61. The molecule has 1 aromatic rings. The minimum absolute atomic E-state index is 0.688. The van der Waals surface area contributed by atoms with Crippen molar-refractivity contribution >= 4 is 6.29 Å². The average molecular weight is 163 g/mol. The quantitative estimate of drug-likeness (QED) is 0.631. The predicted octanol–water partition coefficient (Wildman–Crippen LogP) is 1.64. The second-order valence-electron chi connectivity index (χ2n) is 2.42. The first kappa shape index (κ1) is 8.78. The summed E-state index contributed by atoms with van der Waals surface area (Å²) in [5.74, 6) is 0.838. The summed E-state index contributed by atoms with van der Waals surface area (Å²) in [7, 11) is 1.63. The van der Waals surface area contributed by atoms with Crippen LogP contribution in [0.4, 0.5) is 0 Å². The van der Waals surface area contributed by atoms with Crippen LogP contribution in [0, 0.1) is 6.42 Å². The molecular formula is C10H11O2. The largest absolute Gasteiger partial charge is 0.497 e. The van der Waals surface area contributed by atoms with E-state index in [1.165, 1.54) is 0 Å². The van der Waals surface area contributed by atoms with Crippen LogP contribution in [-0.2, 0) is 11.2 Å². The SMILES string of the molecule is COc1ccc(C[CH]C=O)cc1. The molecule has 2 heteroatoms. The molecule has 0 spiro atoms. The molecule has 1 rings (SSSR count). The Morgan fingerprint density at radius 1 is 1.33 bits per heavy atom. The topological polar surface area (TPSA) is 26.3 Å². The summed E-state index contributed by atoms with van der Waals surface area (Å²) in [6.45, 7) is 0. The Morgan fingerprint density at radius 2 is 2.00 bits per heavy atom. The van der Waals surface area contributed by atoms with Crippen LogP contribution >= 0.6 is 0 Å². The summed E-state index contributed by atoms with van der Waals surface area (Å²) in [6, 6.07) is 7.65. The molecule has 2 nitrogen and oxygen atoms in total. The van der Waals surface area contributed by atoms with E-state index in [1.54, 1.807) is 13.5 Å². The Kier molecular flexibility index (Phi) is 3.33. The number of carbonyl (C=O) groups excluding carboxylic acids is 1. The summed E-state index contributed by atoms with van der Waals surface area (Å²) < 4.78 is 4.99. The third kappa shape index (κ3) is 2.38. The monoisotopic (exact) mass is 163 g/mol. The van der Waals surface area contributed by atoms with Crippen molar-refractivity contribution in [2.45, 2.75) is 6.42 Å². The fraction of sp³-hybridized carbons (Fsp3) is 0.200. The van der Waals surface area contributed by atoms with Gasteiger partial charge in [0, 0.05) is 6.42 Å². The van der Waals surface area contributed by atoms with Gasteiger partial charge in [0.1, 0.15) is 12.0 Å². The third-order valence-corrected chi connectivity index (χ3v) is 1.61. The summed E-state index contributed by atoms with van der Waals surface area (Å²) in [5, 5.41) is 0. The Labute approximate surface area is 72.2 Å². The molecule has 0 amide bonds. The molecule has 0 aliphatic rings. The zero-order chi connectivity index (χ0) is 8.81. The number of benzene rings is 1. The second kappa shape index (κ2) is 4.54. The lowest BCUT2D eigenvalue weighted by Crippen LogP contribution is -1.87. The van der Waals surface area contributed by atoms with Gasteiger partial charge in [0.2, 0.25) is 0 Å². The molecule has 0 unspecified atom stereocenters. The van der Waals surface area contributed by atoms with Gasteiger partial charge in [0.05, 0.1) is 7.11 Å². The van der Waals surface area contributed by atoms with Crippen LogP contribution in [0.1, 0.15) is 5.56 Å². The van der Waals surface area contributed by atoms with Gasteiger partial charge in [-0.2, -0.15) is 0 Å². The van der Waals surface area contributed by atoms with E-state index in [0.29, 0.717) is 6.42 Å². The highest BCUT2D eigenvalue weighted by Crippen LogP contribution is 2.11. The average Bonchev–Trinajstić information content (AvgIpc) is 2.15. The highest BCUT2D eigenvalue weighted by Gasteiger charge is 1.93. The second-order valence-corrected chi connectivity index (χ2v) is 2.42. The minimum atomic E-state index is 0.688. The van der Waals surface area contributed by atoms with E-state index in [4.69, 9.17) is 4.74 Å². The normalized spacial score (nSPS) is 9.42. The number of hydrogen-bond donors (Lipinski definition) is 0. The standard InChI is InChI=1S/C10H11O2/c1-12-10-6-4-9(5-7-10)3-2-8-11/h2,4-8H,3H2,1H3. The van der Waals surface area contributed by atoms with Crippen LogP contribution in [0.15, 0.2) is 24.3 Å². The Balaban J connectivity index is 2.58. The Bertz CT molecular complexity index is 239. The van der Waals surface area contributed by atoms with Gasteiger partial charge in [-0.15, -0.1) is 0 Å². The zero-order valence-electron chi connectivity index (χ0n) is 6.99. The van der Waals surface area contributed by atoms with Gasteiger partial charge < -0.3 is 9.53 Å². The number of rotatable bonds is 4. The number of methoxy groups -OCH3 is 1. The zero-order valence-corrected chi connectivity index (χ0v) is 6.99. The van der Waals surface area contributed by atoms with Gasteiger partial charge >= 0.3 is 0 Å². The molecule has 0 aliphatic carbocycles. The predicted molar refractivity (Wildman–Crippen MR) is 47.1 cm³/mol. The summed E-state index contributed by atoms with van der Waals surface area (Å²) in [4.78, 5) is 10.0. The van der Waals surface area contributed by atoms with Crippen molar-refractivity contribution in [3.05, 3.63) is 36.2 Å². The van der Waals surface area contributed by atoms with E-state index in [9.17, 15) is 4.79 Å². The summed E-state index contributed by atoms with van der Waals surface area (Å²) >= 11 is 0. The van der Waals surface area contributed by atoms with Gasteiger partial charge in [-0.1, -0.05) is 12.1 Å². The van der Waals surface area contributed by atoms with Crippen molar-refractivity contribution in [2.24, 2.45) is 0 Å². The molecule has 0 aliphatic heterocycles. The molecule has 63 valence electrons. The van der Waals surface area contributed by atoms with Crippen LogP contribution < -0.4 is 4.74 Å². The molecule has 0 N–H and O–H groups in total. The highest BCUT2D eigenvalue weighted by molar-refractivity contribution is 5.61. The number of hydrogen-bond acceptors (Lipinski definition) is 2. The summed E-state index contributed by atoms with van der Waals surface area (Å²) in [6.07, 6.45) is 3.08. The van der Waals surface area contributed by atoms with Gasteiger partial charge in [0.25, 0.3) is 0 Å². The van der Waals surface area contributed by atoms with Crippen LogP contribution in [-0.4, -0.2) is 13.4 Å². The van der Waals surface area contributed by atoms with Crippen molar-refractivity contribution in [1.82, 2.24) is 0 Å². The molecule has 0 saturated carbocycles. The molecule has 0 heterocycles. The van der Waals surface area contributed by atoms with Crippen molar-refractivity contribution in [2.75, 3.05) is 7.11 Å². The molecule has 1 radical (unpaired) electrons. The first-order valence-corrected chi connectivity index (χ1v) is 3.76. The first-order chi connectivity index (χ1) is 5.86. The van der Waals surface area contributed by atoms with Gasteiger partial charge in [0.15, 0.2) is 0 Å². The maximum Gasteiger partial charge on any atom is 0.124 e. The lowest BCUT2D eigenvalue weighted by molar-refractivity contribution is -0.105. The fourth-order valence-electron chi connectivity index (χ4n) is 0.946. The van der Waals surface area contributed by atoms with Crippen LogP contribution in [0.2, 0.25) is 0 Å². The minimum Gasteiger partial charge on any atom is -0.497 e. The Hall–Kier alpha value is -1.31. The van der Waals surface area contributed by atoms with Crippen LogP contribution in [0.25, 0.3) is 0 Å². The molecule has 0 aromatic heterocycles. The van der Waals surface area contributed by atoms with Crippen LogP contribution in [0.3, 0.4) is 0 Å². The maximum atomic E-state index is 10.0. The molecule has 0 atom stereocenters. The lowest BCUT2D eigenvalue weighted by Gasteiger charge is -2.00. The van der Waals surface area contributed by atoms with Gasteiger partial charge in [-0.05, 0) is 24.1 Å². The van der Waals surface area contributed by atoms with Crippen molar-refractivity contribution in [3.8, 4) is 5.75 Å². The van der Waals surface area contributed by atoms with Crippen molar-refractivity contribution < 1.29 is 9.53 Å². The van der Waals surface area contributed by atoms with Gasteiger partial charge in [-0.3, -0.25) is 0 Å². The van der Waals surface area contributed by atoms with E-state index >= 15 is 0 Å². The van der Waals surface area contributed by atoms with E-state index in [1.807, 2.05) is 24.3 Å². The molecule has 1 aromatic carbocycles. The van der Waals surface area contributed by atoms with Gasteiger partial charge in [-0.25, -0.2) is 0 Å². The molecular weight excluding hydrogens is 152 g/mol. The van der Waals surface area contributed by atoms with E-state index in [2.05, 4.69) is 0 Å². The van der Waals surface area contributed by atoms with E-state index in [0.717, 1.165) is 17.6 Å². The Morgan fingerprint density at radius 3 is 2.50 bits per heavy atom. The van der Waals surface area contributed by atoms with E-state index < -0.39 is 0 Å². The van der Waals surface area contributed by atoms with E-state index in [-0.39, 0.29) is 0 Å². The molecule has 0 saturated heterocycles. The summed E-state index contributed by atoms with van der Waals surface area (Å²) in [5.41, 5.74) is 1.11. The molecule has 12 heavy (non-hydrogen) atoms. The number of aldehydes is 1. The van der Waals surface area contributed by atoms with Crippen LogP contribution in [0.5, 0.6) is 5.75 Å². The lowest BCUT2D eigenvalue weighted by atomic mass is 10.1. The van der Waals surface area contributed by atoms with Crippen molar-refractivity contribution in [1.29, 1.82) is 0 Å². The van der Waals surface area contributed by atoms with Crippen molar-refractivity contribution in [3.63, 3.8) is 0 Å².